The monoisotopic (exact) mass is 421 g/mol. The van der Waals surface area contributed by atoms with Crippen molar-refractivity contribution < 1.29 is 27.5 Å². The Labute approximate surface area is 171 Å². The molecule has 0 bridgehead atoms. The average molecular weight is 421 g/mol. The van der Waals surface area contributed by atoms with E-state index >= 15 is 0 Å². The molecule has 3 atom stereocenters. The maximum atomic E-state index is 14.5. The first-order chi connectivity index (χ1) is 14.3. The molecule has 1 aromatic carbocycles. The molecule has 0 aromatic heterocycles. The summed E-state index contributed by atoms with van der Waals surface area (Å²) in [5.74, 6) is -3.19. The minimum Gasteiger partial charge on any atom is -0.497 e. The Balaban J connectivity index is 1.51. The van der Waals surface area contributed by atoms with Crippen molar-refractivity contribution in [2.24, 2.45) is 0 Å². The first-order valence-electron chi connectivity index (χ1n) is 9.75. The Hall–Kier alpha value is -2.97. The lowest BCUT2D eigenvalue weighted by Crippen LogP contribution is -2.52. The van der Waals surface area contributed by atoms with Crippen LogP contribution in [0.4, 0.5) is 18.0 Å². The third-order valence-electron chi connectivity index (χ3n) is 5.87. The SMILES string of the molecule is COc1cc(F)c([C@@H]2CNC(=O)[C@H]2NC(=O)NC2(C3=CC=CCC3F)CC2)c(F)c1. The summed E-state index contributed by atoms with van der Waals surface area (Å²) in [6.45, 7) is -0.0302. The van der Waals surface area contributed by atoms with Crippen molar-refractivity contribution in [1.82, 2.24) is 16.0 Å². The molecule has 0 spiro atoms. The molecule has 1 aliphatic heterocycles. The second-order valence-corrected chi connectivity index (χ2v) is 7.77. The van der Waals surface area contributed by atoms with Crippen LogP contribution in [-0.4, -0.2) is 43.3 Å². The molecule has 4 rings (SSSR count). The molecule has 9 heteroatoms. The van der Waals surface area contributed by atoms with Gasteiger partial charge in [-0.05, 0) is 18.4 Å². The van der Waals surface area contributed by atoms with E-state index in [1.54, 1.807) is 18.2 Å². The predicted octanol–water partition coefficient (Wildman–Crippen LogP) is 2.61. The van der Waals surface area contributed by atoms with Crippen LogP contribution in [0.1, 0.15) is 30.7 Å². The van der Waals surface area contributed by atoms with Crippen molar-refractivity contribution in [3.63, 3.8) is 0 Å². The van der Waals surface area contributed by atoms with Gasteiger partial charge in [0.25, 0.3) is 0 Å². The maximum absolute atomic E-state index is 14.5. The summed E-state index contributed by atoms with van der Waals surface area (Å²) >= 11 is 0. The average Bonchev–Trinajstić information content (AvgIpc) is 3.40. The highest BCUT2D eigenvalue weighted by atomic mass is 19.1. The Kier molecular flexibility index (Phi) is 5.21. The Morgan fingerprint density at radius 3 is 2.57 bits per heavy atom. The van der Waals surface area contributed by atoms with Crippen LogP contribution >= 0.6 is 0 Å². The highest BCUT2D eigenvalue weighted by Gasteiger charge is 2.50. The van der Waals surface area contributed by atoms with Gasteiger partial charge < -0.3 is 20.7 Å². The molecule has 1 unspecified atom stereocenters. The summed E-state index contributed by atoms with van der Waals surface area (Å²) in [7, 11) is 1.29. The number of carbonyl (C=O) groups excluding carboxylic acids is 2. The number of rotatable bonds is 5. The Morgan fingerprint density at radius 2 is 1.97 bits per heavy atom. The molecule has 160 valence electrons. The summed E-state index contributed by atoms with van der Waals surface area (Å²) < 4.78 is 48.2. The third kappa shape index (κ3) is 3.64. The van der Waals surface area contributed by atoms with E-state index in [2.05, 4.69) is 16.0 Å². The molecular formula is C21H22F3N3O3. The van der Waals surface area contributed by atoms with Crippen molar-refractivity contribution in [1.29, 1.82) is 0 Å². The first kappa shape index (κ1) is 20.3. The van der Waals surface area contributed by atoms with E-state index in [0.29, 0.717) is 18.4 Å². The lowest BCUT2D eigenvalue weighted by atomic mass is 9.92. The quantitative estimate of drug-likeness (QED) is 0.684. The van der Waals surface area contributed by atoms with E-state index in [4.69, 9.17) is 4.74 Å². The summed E-state index contributed by atoms with van der Waals surface area (Å²) in [5, 5.41) is 7.80. The third-order valence-corrected chi connectivity index (χ3v) is 5.87. The van der Waals surface area contributed by atoms with Gasteiger partial charge in [0.1, 0.15) is 29.6 Å². The number of halogens is 3. The summed E-state index contributed by atoms with van der Waals surface area (Å²) in [4.78, 5) is 24.9. The number of allylic oxidation sites excluding steroid dienone is 3. The molecule has 1 heterocycles. The molecule has 0 radical (unpaired) electrons. The minimum absolute atomic E-state index is 0.0135. The van der Waals surface area contributed by atoms with Gasteiger partial charge in [0.2, 0.25) is 5.91 Å². The number of alkyl halides is 1. The van der Waals surface area contributed by atoms with Gasteiger partial charge >= 0.3 is 6.03 Å². The standard InChI is InChI=1S/C21H22F3N3O3/c1-30-11-8-15(23)17(16(24)9-11)12-10-25-19(28)18(12)26-20(29)27-21(6-7-21)13-4-2-3-5-14(13)22/h2-4,8-9,12,14,18H,5-7,10H2,1H3,(H,25,28)(H2,26,27,29)/t12-,14?,18-/m0/s1. The molecule has 1 aromatic rings. The number of carbonyl (C=O) groups is 2. The predicted molar refractivity (Wildman–Crippen MR) is 103 cm³/mol. The van der Waals surface area contributed by atoms with Gasteiger partial charge in [-0.2, -0.15) is 0 Å². The second kappa shape index (κ2) is 7.70. The molecule has 3 aliphatic rings. The van der Waals surface area contributed by atoms with Crippen LogP contribution in [0.25, 0.3) is 0 Å². The maximum Gasteiger partial charge on any atom is 0.316 e. The zero-order valence-corrected chi connectivity index (χ0v) is 16.3. The topological polar surface area (TPSA) is 79.5 Å². The van der Waals surface area contributed by atoms with Gasteiger partial charge in [0, 0.05) is 36.6 Å². The fourth-order valence-electron chi connectivity index (χ4n) is 4.15. The van der Waals surface area contributed by atoms with E-state index in [9.17, 15) is 22.8 Å². The van der Waals surface area contributed by atoms with Crippen molar-refractivity contribution in [3.8, 4) is 5.75 Å². The van der Waals surface area contributed by atoms with Crippen molar-refractivity contribution in [3.05, 3.63) is 53.1 Å². The molecule has 3 amide bonds. The summed E-state index contributed by atoms with van der Waals surface area (Å²) in [5.41, 5.74) is -0.584. The van der Waals surface area contributed by atoms with Crippen molar-refractivity contribution in [2.75, 3.05) is 13.7 Å². The number of hydrogen-bond acceptors (Lipinski definition) is 3. The largest absolute Gasteiger partial charge is 0.497 e. The first-order valence-corrected chi connectivity index (χ1v) is 9.75. The van der Waals surface area contributed by atoms with Crippen LogP contribution < -0.4 is 20.7 Å². The number of ether oxygens (including phenoxy) is 1. The highest BCUT2D eigenvalue weighted by Crippen LogP contribution is 2.45. The second-order valence-electron chi connectivity index (χ2n) is 7.77. The van der Waals surface area contributed by atoms with E-state index < -0.39 is 47.2 Å². The molecule has 1 saturated heterocycles. The normalized spacial score (nSPS) is 26.6. The van der Waals surface area contributed by atoms with Gasteiger partial charge in [0.15, 0.2) is 0 Å². The van der Waals surface area contributed by atoms with Crippen molar-refractivity contribution >= 4 is 11.9 Å². The van der Waals surface area contributed by atoms with Gasteiger partial charge in [0.05, 0.1) is 12.6 Å². The molecule has 30 heavy (non-hydrogen) atoms. The van der Waals surface area contributed by atoms with Crippen LogP contribution in [-0.2, 0) is 4.79 Å². The van der Waals surface area contributed by atoms with Crippen molar-refractivity contribution in [2.45, 2.75) is 42.9 Å². The van der Waals surface area contributed by atoms with Crippen LogP contribution in [0.15, 0.2) is 35.9 Å². The molecule has 2 aliphatic carbocycles. The fourth-order valence-corrected chi connectivity index (χ4v) is 4.15. The zero-order valence-electron chi connectivity index (χ0n) is 16.3. The van der Waals surface area contributed by atoms with E-state index in [1.807, 2.05) is 0 Å². The number of methoxy groups -OCH3 is 1. The zero-order chi connectivity index (χ0) is 21.5. The smallest absolute Gasteiger partial charge is 0.316 e. The number of urea groups is 1. The lowest BCUT2D eigenvalue weighted by Gasteiger charge is -2.26. The summed E-state index contributed by atoms with van der Waals surface area (Å²) in [6, 6.07) is 0.209. The van der Waals surface area contributed by atoms with E-state index in [-0.39, 0.29) is 24.3 Å². The van der Waals surface area contributed by atoms with Gasteiger partial charge in [-0.1, -0.05) is 18.2 Å². The summed E-state index contributed by atoms with van der Waals surface area (Å²) in [6.07, 6.45) is 5.37. The van der Waals surface area contributed by atoms with Gasteiger partial charge in [-0.3, -0.25) is 4.79 Å². The molecular weight excluding hydrogens is 399 g/mol. The van der Waals surface area contributed by atoms with E-state index in [1.165, 1.54) is 7.11 Å². The van der Waals surface area contributed by atoms with Crippen LogP contribution in [0.3, 0.4) is 0 Å². The Morgan fingerprint density at radius 1 is 1.27 bits per heavy atom. The molecule has 3 N–H and O–H groups in total. The van der Waals surface area contributed by atoms with Gasteiger partial charge in [-0.25, -0.2) is 18.0 Å². The van der Waals surface area contributed by atoms with Crippen LogP contribution in [0.5, 0.6) is 5.75 Å². The lowest BCUT2D eigenvalue weighted by molar-refractivity contribution is -0.120. The fraction of sp³-hybridized carbons (Fsp3) is 0.429. The number of hydrogen-bond donors (Lipinski definition) is 3. The van der Waals surface area contributed by atoms with Gasteiger partial charge in [-0.15, -0.1) is 0 Å². The minimum atomic E-state index is -1.18. The number of benzene rings is 1. The van der Waals surface area contributed by atoms with Crippen LogP contribution in [0.2, 0.25) is 0 Å². The van der Waals surface area contributed by atoms with Crippen LogP contribution in [0, 0.1) is 11.6 Å². The molecule has 2 fully saturated rings. The number of amides is 3. The number of nitrogens with one attached hydrogen (secondary N) is 3. The molecule has 6 nitrogen and oxygen atoms in total. The van der Waals surface area contributed by atoms with E-state index in [0.717, 1.165) is 12.1 Å². The highest BCUT2D eigenvalue weighted by molar-refractivity contribution is 5.90. The Bertz CT molecular complexity index is 920. The molecule has 1 saturated carbocycles.